The van der Waals surface area contributed by atoms with Gasteiger partial charge in [-0.05, 0) is 36.8 Å². The van der Waals surface area contributed by atoms with E-state index in [4.69, 9.17) is 10.5 Å². The molecule has 0 radical (unpaired) electrons. The summed E-state index contributed by atoms with van der Waals surface area (Å²) >= 11 is 0. The second-order valence-corrected chi connectivity index (χ2v) is 6.86. The summed E-state index contributed by atoms with van der Waals surface area (Å²) in [5, 5.41) is 18.9. The van der Waals surface area contributed by atoms with Crippen molar-refractivity contribution in [3.63, 3.8) is 0 Å². The van der Waals surface area contributed by atoms with Crippen LogP contribution >= 0.6 is 12.4 Å². The van der Waals surface area contributed by atoms with Crippen LogP contribution in [-0.2, 0) is 16.0 Å². The van der Waals surface area contributed by atoms with Crippen molar-refractivity contribution in [3.8, 4) is 11.5 Å². The number of carbonyl (C=O) groups excluding carboxylic acids is 3. The molecule has 154 valence electrons. The van der Waals surface area contributed by atoms with E-state index in [1.165, 1.54) is 25.1 Å². The van der Waals surface area contributed by atoms with Gasteiger partial charge in [-0.15, -0.1) is 12.4 Å². The first-order valence-corrected chi connectivity index (χ1v) is 8.63. The average molecular weight is 421 g/mol. The van der Waals surface area contributed by atoms with Gasteiger partial charge in [0.25, 0.3) is 11.8 Å². The molecule has 1 aliphatic rings. The van der Waals surface area contributed by atoms with Crippen molar-refractivity contribution in [1.29, 1.82) is 0 Å². The van der Waals surface area contributed by atoms with E-state index >= 15 is 0 Å². The number of fused-ring (bicyclic) bond motifs is 1. The molecule has 0 spiro atoms. The number of benzene rings is 2. The smallest absolute Gasteiger partial charge is 0.326 e. The maximum Gasteiger partial charge on any atom is 0.326 e. The standard InChI is InChI=1S/C20H20N2O6.ClH/c1-20(21,11-12-6-7-15(23)16(24)10-12)19(27)28-9-8-22-17(25)13-4-2-3-5-14(13)18(22)26;/h2-7,10,23-24H,8-9,11,21H2,1H3;1H/t20-;/m0./s1. The minimum atomic E-state index is -1.40. The highest BCUT2D eigenvalue weighted by atomic mass is 35.5. The molecule has 0 fully saturated rings. The van der Waals surface area contributed by atoms with Crippen LogP contribution in [0.3, 0.4) is 0 Å². The van der Waals surface area contributed by atoms with Crippen LogP contribution < -0.4 is 5.73 Å². The van der Waals surface area contributed by atoms with Gasteiger partial charge in [0.05, 0.1) is 17.7 Å². The van der Waals surface area contributed by atoms with Gasteiger partial charge in [-0.2, -0.15) is 0 Å². The topological polar surface area (TPSA) is 130 Å². The van der Waals surface area contributed by atoms with E-state index in [2.05, 4.69) is 0 Å². The maximum atomic E-state index is 12.3. The van der Waals surface area contributed by atoms with E-state index in [0.717, 1.165) is 4.90 Å². The van der Waals surface area contributed by atoms with Crippen molar-refractivity contribution in [2.24, 2.45) is 5.73 Å². The summed E-state index contributed by atoms with van der Waals surface area (Å²) in [6.07, 6.45) is 0.0622. The van der Waals surface area contributed by atoms with Crippen molar-refractivity contribution in [3.05, 3.63) is 59.2 Å². The van der Waals surface area contributed by atoms with Gasteiger partial charge in [-0.1, -0.05) is 18.2 Å². The lowest BCUT2D eigenvalue weighted by Crippen LogP contribution is -2.48. The lowest BCUT2D eigenvalue weighted by molar-refractivity contribution is -0.149. The Labute approximate surface area is 173 Å². The van der Waals surface area contributed by atoms with Gasteiger partial charge in [0.15, 0.2) is 11.5 Å². The Morgan fingerprint density at radius 2 is 1.66 bits per heavy atom. The molecule has 0 aliphatic carbocycles. The number of carbonyl (C=O) groups is 3. The second kappa shape index (κ2) is 8.50. The van der Waals surface area contributed by atoms with Gasteiger partial charge in [-0.3, -0.25) is 19.3 Å². The molecule has 29 heavy (non-hydrogen) atoms. The zero-order valence-corrected chi connectivity index (χ0v) is 16.4. The molecule has 9 heteroatoms. The normalized spacial score (nSPS) is 14.8. The zero-order valence-electron chi connectivity index (χ0n) is 15.6. The number of aromatic hydroxyl groups is 2. The highest BCUT2D eigenvalue weighted by Gasteiger charge is 2.36. The molecular weight excluding hydrogens is 400 g/mol. The van der Waals surface area contributed by atoms with Crippen LogP contribution in [0.15, 0.2) is 42.5 Å². The SMILES string of the molecule is C[C@](N)(Cc1ccc(O)c(O)c1)C(=O)OCCN1C(=O)c2ccccc2C1=O.Cl. The first-order chi connectivity index (χ1) is 13.2. The number of halogens is 1. The van der Waals surface area contributed by atoms with E-state index in [0.29, 0.717) is 16.7 Å². The van der Waals surface area contributed by atoms with E-state index in [-0.39, 0.29) is 43.5 Å². The fourth-order valence-electron chi connectivity index (χ4n) is 3.01. The molecule has 0 saturated heterocycles. The predicted molar refractivity (Wildman–Crippen MR) is 106 cm³/mol. The number of nitrogens with two attached hydrogens (primary N) is 1. The van der Waals surface area contributed by atoms with Crippen LogP contribution in [0.25, 0.3) is 0 Å². The lowest BCUT2D eigenvalue weighted by atomic mass is 9.94. The quantitative estimate of drug-likeness (QED) is 0.367. The number of hydrogen-bond acceptors (Lipinski definition) is 7. The van der Waals surface area contributed by atoms with Crippen molar-refractivity contribution >= 4 is 30.2 Å². The fraction of sp³-hybridized carbons (Fsp3) is 0.250. The van der Waals surface area contributed by atoms with E-state index < -0.39 is 23.3 Å². The Hall–Kier alpha value is -3.10. The number of esters is 1. The van der Waals surface area contributed by atoms with Crippen molar-refractivity contribution in [1.82, 2.24) is 4.90 Å². The Morgan fingerprint density at radius 3 is 2.21 bits per heavy atom. The molecule has 3 rings (SSSR count). The monoisotopic (exact) mass is 420 g/mol. The van der Waals surface area contributed by atoms with E-state index in [9.17, 15) is 24.6 Å². The van der Waals surface area contributed by atoms with Crippen LogP contribution in [0.5, 0.6) is 11.5 Å². The molecule has 4 N–H and O–H groups in total. The zero-order chi connectivity index (χ0) is 20.5. The first kappa shape index (κ1) is 22.2. The highest BCUT2D eigenvalue weighted by Crippen LogP contribution is 2.27. The third-order valence-corrected chi connectivity index (χ3v) is 4.50. The molecule has 0 unspecified atom stereocenters. The van der Waals surface area contributed by atoms with Crippen LogP contribution in [0.1, 0.15) is 33.2 Å². The lowest BCUT2D eigenvalue weighted by Gasteiger charge is -2.23. The molecule has 2 aromatic rings. The van der Waals surface area contributed by atoms with Crippen LogP contribution in [-0.4, -0.2) is 51.6 Å². The second-order valence-electron chi connectivity index (χ2n) is 6.86. The summed E-state index contributed by atoms with van der Waals surface area (Å²) in [7, 11) is 0. The van der Waals surface area contributed by atoms with Gasteiger partial charge in [0, 0.05) is 6.42 Å². The number of nitrogens with zero attached hydrogens (tertiary/aromatic N) is 1. The summed E-state index contributed by atoms with van der Waals surface area (Å²) in [6.45, 7) is 1.22. The minimum absolute atomic E-state index is 0. The Kier molecular flexibility index (Phi) is 6.51. The fourth-order valence-corrected chi connectivity index (χ4v) is 3.01. The molecule has 0 saturated carbocycles. The number of imide groups is 1. The molecule has 1 atom stereocenters. The largest absolute Gasteiger partial charge is 0.504 e. The average Bonchev–Trinajstić information content (AvgIpc) is 2.89. The van der Waals surface area contributed by atoms with Crippen LogP contribution in [0.2, 0.25) is 0 Å². The van der Waals surface area contributed by atoms with Gasteiger partial charge in [-0.25, -0.2) is 0 Å². The van der Waals surface area contributed by atoms with Crippen LogP contribution in [0.4, 0.5) is 0 Å². The Bertz CT molecular complexity index is 925. The molecule has 1 aliphatic heterocycles. The van der Waals surface area contributed by atoms with E-state index in [1.54, 1.807) is 24.3 Å². The molecular formula is C20H21ClN2O6. The van der Waals surface area contributed by atoms with Gasteiger partial charge >= 0.3 is 5.97 Å². The summed E-state index contributed by atoms with van der Waals surface area (Å²) < 4.78 is 5.17. The third-order valence-electron chi connectivity index (χ3n) is 4.50. The van der Waals surface area contributed by atoms with Gasteiger partial charge < -0.3 is 20.7 Å². The number of phenols is 2. The Balaban J connectivity index is 0.00000300. The number of ether oxygens (including phenoxy) is 1. The summed E-state index contributed by atoms with van der Waals surface area (Å²) in [5.74, 6) is -2.14. The summed E-state index contributed by atoms with van der Waals surface area (Å²) in [5.41, 5.74) is 5.83. The molecule has 1 heterocycles. The molecule has 0 bridgehead atoms. The number of amides is 2. The highest BCUT2D eigenvalue weighted by molar-refractivity contribution is 6.21. The summed E-state index contributed by atoms with van der Waals surface area (Å²) in [6, 6.07) is 10.6. The number of hydrogen-bond donors (Lipinski definition) is 3. The van der Waals surface area contributed by atoms with Gasteiger partial charge in [0.2, 0.25) is 0 Å². The van der Waals surface area contributed by atoms with Crippen LogP contribution in [0, 0.1) is 0 Å². The van der Waals surface area contributed by atoms with Crippen molar-refractivity contribution < 1.29 is 29.3 Å². The van der Waals surface area contributed by atoms with Crippen molar-refractivity contribution in [2.75, 3.05) is 13.2 Å². The maximum absolute atomic E-state index is 12.3. The van der Waals surface area contributed by atoms with E-state index in [1.807, 2.05) is 0 Å². The molecule has 0 aromatic heterocycles. The third kappa shape index (κ3) is 4.49. The number of phenolic OH excluding ortho intramolecular Hbond substituents is 2. The molecule has 2 amide bonds. The first-order valence-electron chi connectivity index (χ1n) is 8.63. The molecule has 2 aromatic carbocycles. The van der Waals surface area contributed by atoms with Crippen molar-refractivity contribution in [2.45, 2.75) is 18.9 Å². The predicted octanol–water partition coefficient (Wildman–Crippen LogP) is 1.62. The molecule has 8 nitrogen and oxygen atoms in total. The number of rotatable bonds is 6. The minimum Gasteiger partial charge on any atom is -0.504 e. The Morgan fingerprint density at radius 1 is 1.07 bits per heavy atom. The summed E-state index contributed by atoms with van der Waals surface area (Å²) in [4.78, 5) is 37.9. The van der Waals surface area contributed by atoms with Gasteiger partial charge in [0.1, 0.15) is 12.1 Å².